The van der Waals surface area contributed by atoms with Crippen molar-refractivity contribution >= 4 is 29.1 Å². The summed E-state index contributed by atoms with van der Waals surface area (Å²) in [5.41, 5.74) is 2.04. The maximum Gasteiger partial charge on any atom is 0.323 e. The van der Waals surface area contributed by atoms with Crippen LogP contribution in [0.5, 0.6) is 0 Å². The predicted octanol–water partition coefficient (Wildman–Crippen LogP) is 3.36. The van der Waals surface area contributed by atoms with Gasteiger partial charge in [-0.2, -0.15) is 5.10 Å². The number of rotatable bonds is 3. The third-order valence-electron chi connectivity index (χ3n) is 4.68. The van der Waals surface area contributed by atoms with Crippen LogP contribution >= 0.6 is 11.6 Å². The molecule has 1 N–H and O–H groups in total. The average molecular weight is 358 g/mol. The number of amides is 2. The molecule has 2 aromatic rings. The zero-order valence-corrected chi connectivity index (χ0v) is 14.6. The van der Waals surface area contributed by atoms with E-state index in [-0.39, 0.29) is 6.03 Å². The molecule has 4 rings (SSSR count). The van der Waals surface area contributed by atoms with E-state index in [1.54, 1.807) is 4.90 Å². The fraction of sp³-hybridized carbons (Fsp3) is 0.389. The maximum absolute atomic E-state index is 12.4. The van der Waals surface area contributed by atoms with Crippen LogP contribution < -0.4 is 10.2 Å². The molecule has 0 atom stereocenters. The van der Waals surface area contributed by atoms with E-state index in [2.05, 4.69) is 20.4 Å². The van der Waals surface area contributed by atoms with Crippen molar-refractivity contribution in [3.8, 4) is 0 Å². The van der Waals surface area contributed by atoms with Gasteiger partial charge in [0, 0.05) is 32.1 Å². The number of urea groups is 1. The number of benzene rings is 1. The lowest BCUT2D eigenvalue weighted by atomic mass is 10.2. The first-order chi connectivity index (χ1) is 12.2. The van der Waals surface area contributed by atoms with Crippen molar-refractivity contribution in [1.82, 2.24) is 15.1 Å². The van der Waals surface area contributed by atoms with E-state index < -0.39 is 0 Å². The van der Waals surface area contributed by atoms with E-state index >= 15 is 0 Å². The van der Waals surface area contributed by atoms with Gasteiger partial charge in [0.05, 0.1) is 16.4 Å². The first kappa shape index (κ1) is 16.1. The van der Waals surface area contributed by atoms with E-state index in [1.807, 2.05) is 36.4 Å². The van der Waals surface area contributed by atoms with Crippen molar-refractivity contribution in [3.63, 3.8) is 0 Å². The molecule has 0 bridgehead atoms. The van der Waals surface area contributed by atoms with Gasteiger partial charge < -0.3 is 9.80 Å². The van der Waals surface area contributed by atoms with Crippen molar-refractivity contribution in [2.24, 2.45) is 0 Å². The molecular formula is C18H20ClN5O. The number of aromatic nitrogens is 2. The number of anilines is 2. The highest BCUT2D eigenvalue weighted by Gasteiger charge is 2.26. The van der Waals surface area contributed by atoms with Crippen molar-refractivity contribution in [2.75, 3.05) is 36.4 Å². The molecule has 7 heteroatoms. The Hall–Kier alpha value is -2.34. The molecule has 1 aromatic heterocycles. The van der Waals surface area contributed by atoms with Gasteiger partial charge in [0.2, 0.25) is 0 Å². The molecule has 6 nitrogen and oxygen atoms in total. The molecule has 2 heterocycles. The highest BCUT2D eigenvalue weighted by Crippen LogP contribution is 2.38. The van der Waals surface area contributed by atoms with Crippen LogP contribution in [0, 0.1) is 0 Å². The number of nitrogens with one attached hydrogen (secondary N) is 1. The minimum Gasteiger partial charge on any atom is -0.367 e. The van der Waals surface area contributed by atoms with Gasteiger partial charge in [0.25, 0.3) is 0 Å². The van der Waals surface area contributed by atoms with Crippen LogP contribution in [0.1, 0.15) is 24.5 Å². The van der Waals surface area contributed by atoms with E-state index in [0.29, 0.717) is 24.8 Å². The van der Waals surface area contributed by atoms with Crippen LogP contribution in [0.4, 0.5) is 16.3 Å². The smallest absolute Gasteiger partial charge is 0.323 e. The molecule has 1 aliphatic heterocycles. The Balaban J connectivity index is 1.32. The molecule has 0 unspecified atom stereocenters. The molecular weight excluding hydrogens is 338 g/mol. The fourth-order valence-electron chi connectivity index (χ4n) is 3.05. The largest absolute Gasteiger partial charge is 0.367 e. The third kappa shape index (κ3) is 3.69. The molecule has 0 radical (unpaired) electrons. The molecule has 1 aliphatic carbocycles. The number of carbonyl (C=O) groups excluding carboxylic acids is 1. The van der Waals surface area contributed by atoms with Crippen LogP contribution in [-0.4, -0.2) is 47.3 Å². The zero-order valence-electron chi connectivity index (χ0n) is 13.9. The monoisotopic (exact) mass is 357 g/mol. The van der Waals surface area contributed by atoms with Crippen molar-refractivity contribution < 1.29 is 4.79 Å². The Bertz CT molecular complexity index is 754. The quantitative estimate of drug-likeness (QED) is 0.915. The number of para-hydroxylation sites is 1. The molecule has 130 valence electrons. The lowest BCUT2D eigenvalue weighted by Crippen LogP contribution is -2.50. The number of nitrogens with zero attached hydrogens (tertiary/aromatic N) is 4. The summed E-state index contributed by atoms with van der Waals surface area (Å²) < 4.78 is 0. The summed E-state index contributed by atoms with van der Waals surface area (Å²) in [6.07, 6.45) is 2.38. The van der Waals surface area contributed by atoms with Crippen LogP contribution in [-0.2, 0) is 0 Å². The Morgan fingerprint density at radius 1 is 1.04 bits per heavy atom. The summed E-state index contributed by atoms with van der Waals surface area (Å²) in [6.45, 7) is 2.79. The first-order valence-electron chi connectivity index (χ1n) is 8.60. The summed E-state index contributed by atoms with van der Waals surface area (Å²) in [6, 6.07) is 11.4. The molecule has 2 aliphatic rings. The zero-order chi connectivity index (χ0) is 17.2. The summed E-state index contributed by atoms with van der Waals surface area (Å²) in [4.78, 5) is 16.4. The van der Waals surface area contributed by atoms with Gasteiger partial charge in [0.1, 0.15) is 0 Å². The van der Waals surface area contributed by atoms with E-state index in [1.165, 1.54) is 12.8 Å². The second-order valence-corrected chi connectivity index (χ2v) is 6.88. The molecule has 25 heavy (non-hydrogen) atoms. The summed E-state index contributed by atoms with van der Waals surface area (Å²) in [7, 11) is 0. The molecule has 1 aromatic carbocycles. The highest BCUT2D eigenvalue weighted by molar-refractivity contribution is 6.33. The predicted molar refractivity (Wildman–Crippen MR) is 98.3 cm³/mol. The lowest BCUT2D eigenvalue weighted by molar-refractivity contribution is 0.208. The summed E-state index contributed by atoms with van der Waals surface area (Å²) in [5, 5.41) is 11.9. The highest BCUT2D eigenvalue weighted by atomic mass is 35.5. The van der Waals surface area contributed by atoms with Gasteiger partial charge in [-0.15, -0.1) is 5.10 Å². The number of carbonyl (C=O) groups is 1. The Morgan fingerprint density at radius 3 is 2.44 bits per heavy atom. The molecule has 2 amide bonds. The number of halogens is 1. The minimum atomic E-state index is -0.132. The van der Waals surface area contributed by atoms with Crippen LogP contribution in [0.3, 0.4) is 0 Å². The fourth-order valence-corrected chi connectivity index (χ4v) is 3.31. The van der Waals surface area contributed by atoms with Gasteiger partial charge in [-0.3, -0.25) is 5.32 Å². The Labute approximate surface area is 151 Å². The lowest BCUT2D eigenvalue weighted by Gasteiger charge is -2.36. The van der Waals surface area contributed by atoms with Crippen LogP contribution in [0.25, 0.3) is 0 Å². The van der Waals surface area contributed by atoms with Gasteiger partial charge in [-0.05, 0) is 37.1 Å². The summed E-state index contributed by atoms with van der Waals surface area (Å²) >= 11 is 6.25. The van der Waals surface area contributed by atoms with E-state index in [9.17, 15) is 4.79 Å². The van der Waals surface area contributed by atoms with Crippen molar-refractivity contribution in [3.05, 3.63) is 47.1 Å². The Morgan fingerprint density at radius 2 is 1.80 bits per heavy atom. The van der Waals surface area contributed by atoms with Gasteiger partial charge in [-0.1, -0.05) is 23.7 Å². The maximum atomic E-state index is 12.4. The standard InChI is InChI=1S/C18H20ClN5O/c19-14-3-1-2-4-16(14)23-9-11-24(12-10-23)18(25)20-17-8-7-15(21-22-17)13-5-6-13/h1-4,7-8,13H,5-6,9-12H2,(H,20,22,25). The second kappa shape index (κ2) is 6.88. The molecule has 1 saturated heterocycles. The van der Waals surface area contributed by atoms with E-state index in [0.717, 1.165) is 29.5 Å². The first-order valence-corrected chi connectivity index (χ1v) is 8.97. The molecule has 0 spiro atoms. The van der Waals surface area contributed by atoms with Gasteiger partial charge in [0.15, 0.2) is 5.82 Å². The van der Waals surface area contributed by atoms with Gasteiger partial charge in [-0.25, -0.2) is 4.79 Å². The van der Waals surface area contributed by atoms with Crippen molar-refractivity contribution in [2.45, 2.75) is 18.8 Å². The number of hydrogen-bond acceptors (Lipinski definition) is 4. The topological polar surface area (TPSA) is 61.4 Å². The Kier molecular flexibility index (Phi) is 4.44. The van der Waals surface area contributed by atoms with Crippen molar-refractivity contribution in [1.29, 1.82) is 0 Å². The summed E-state index contributed by atoms with van der Waals surface area (Å²) in [5.74, 6) is 1.07. The second-order valence-electron chi connectivity index (χ2n) is 6.47. The SMILES string of the molecule is O=C(Nc1ccc(C2CC2)nn1)N1CCN(c2ccccc2Cl)CC1. The van der Waals surface area contributed by atoms with Crippen LogP contribution in [0.2, 0.25) is 5.02 Å². The molecule has 1 saturated carbocycles. The van der Waals surface area contributed by atoms with Crippen LogP contribution in [0.15, 0.2) is 36.4 Å². The minimum absolute atomic E-state index is 0.132. The molecule has 2 fully saturated rings. The third-order valence-corrected chi connectivity index (χ3v) is 5.00. The van der Waals surface area contributed by atoms with E-state index in [4.69, 9.17) is 11.6 Å². The number of hydrogen-bond donors (Lipinski definition) is 1. The number of piperazine rings is 1. The van der Waals surface area contributed by atoms with Gasteiger partial charge >= 0.3 is 6.03 Å². The average Bonchev–Trinajstić information content (AvgIpc) is 3.48. The normalized spacial score (nSPS) is 17.5.